The number of aromatic nitrogens is 4. The summed E-state index contributed by atoms with van der Waals surface area (Å²) in [6.45, 7) is 1.25. The third-order valence-corrected chi connectivity index (χ3v) is 5.69. The summed E-state index contributed by atoms with van der Waals surface area (Å²) >= 11 is 0. The summed E-state index contributed by atoms with van der Waals surface area (Å²) in [5.41, 5.74) is 1.89. The van der Waals surface area contributed by atoms with Gasteiger partial charge < -0.3 is 9.64 Å². The van der Waals surface area contributed by atoms with Gasteiger partial charge in [0.2, 0.25) is 0 Å². The van der Waals surface area contributed by atoms with Crippen LogP contribution in [0.1, 0.15) is 49.0 Å². The number of hydrogen-bond donors (Lipinski definition) is 0. The quantitative estimate of drug-likeness (QED) is 0.664. The largest absolute Gasteiger partial charge is 0.484 e. The Hall–Kier alpha value is -3.03. The van der Waals surface area contributed by atoms with E-state index >= 15 is 0 Å². The van der Waals surface area contributed by atoms with E-state index in [1.807, 2.05) is 21.5 Å². The van der Waals surface area contributed by atoms with E-state index in [0.29, 0.717) is 24.8 Å². The van der Waals surface area contributed by atoms with Gasteiger partial charge in [0.25, 0.3) is 5.91 Å². The first kappa shape index (κ1) is 18.0. The van der Waals surface area contributed by atoms with E-state index in [1.165, 1.54) is 37.1 Å². The van der Waals surface area contributed by atoms with Crippen molar-refractivity contribution >= 4 is 11.6 Å². The predicted octanol–water partition coefficient (Wildman–Crippen LogP) is 2.93. The van der Waals surface area contributed by atoms with Crippen molar-refractivity contribution in [3.63, 3.8) is 0 Å². The molecule has 3 aromatic rings. The van der Waals surface area contributed by atoms with Crippen LogP contribution in [0.25, 0.3) is 5.65 Å². The molecule has 0 bridgehead atoms. The zero-order valence-electron chi connectivity index (χ0n) is 16.0. The Kier molecular flexibility index (Phi) is 4.61. The van der Waals surface area contributed by atoms with Gasteiger partial charge in [0, 0.05) is 24.9 Å². The number of fused-ring (bicyclic) bond motifs is 1. The first-order valence-electron chi connectivity index (χ1n) is 10.1. The molecule has 7 nitrogen and oxygen atoms in total. The second-order valence-corrected chi connectivity index (χ2v) is 7.76. The number of carbonyl (C=O) groups is 1. The van der Waals surface area contributed by atoms with E-state index in [4.69, 9.17) is 9.84 Å². The lowest BCUT2D eigenvalue weighted by Gasteiger charge is -2.31. The van der Waals surface area contributed by atoms with Crippen LogP contribution in [0.5, 0.6) is 5.75 Å². The summed E-state index contributed by atoms with van der Waals surface area (Å²) in [7, 11) is 0. The molecule has 2 aromatic heterocycles. The summed E-state index contributed by atoms with van der Waals surface area (Å²) in [4.78, 5) is 14.3. The maximum Gasteiger partial charge on any atom is 0.260 e. The van der Waals surface area contributed by atoms with Crippen molar-refractivity contribution in [2.45, 2.75) is 37.5 Å². The molecule has 1 saturated heterocycles. The van der Waals surface area contributed by atoms with Gasteiger partial charge in [-0.25, -0.2) is 4.39 Å². The minimum atomic E-state index is -0.328. The average molecular weight is 395 g/mol. The second-order valence-electron chi connectivity index (χ2n) is 7.76. The SMILES string of the molecule is O=C(COc1ccc(F)cc1)N1CCC(c2nnc3ccc(C4CC4)nn23)CC1. The zero-order chi connectivity index (χ0) is 19.8. The first-order chi connectivity index (χ1) is 14.2. The normalized spacial score (nSPS) is 17.6. The Labute approximate surface area is 167 Å². The molecule has 150 valence electrons. The number of ether oxygens (including phenoxy) is 1. The molecule has 2 fully saturated rings. The van der Waals surface area contributed by atoms with Crippen LogP contribution in [0.3, 0.4) is 0 Å². The molecule has 29 heavy (non-hydrogen) atoms. The summed E-state index contributed by atoms with van der Waals surface area (Å²) < 4.78 is 20.3. The van der Waals surface area contributed by atoms with Crippen LogP contribution in [0, 0.1) is 5.82 Å². The predicted molar refractivity (Wildman–Crippen MR) is 103 cm³/mol. The van der Waals surface area contributed by atoms with E-state index < -0.39 is 0 Å². The first-order valence-corrected chi connectivity index (χ1v) is 10.1. The Balaban J connectivity index is 1.20. The summed E-state index contributed by atoms with van der Waals surface area (Å²) in [6, 6.07) is 9.71. The highest BCUT2D eigenvalue weighted by atomic mass is 19.1. The number of halogens is 1. The van der Waals surface area contributed by atoms with Gasteiger partial charge in [-0.05, 0) is 62.1 Å². The van der Waals surface area contributed by atoms with Gasteiger partial charge >= 0.3 is 0 Å². The fourth-order valence-electron chi connectivity index (χ4n) is 3.83. The lowest BCUT2D eigenvalue weighted by Crippen LogP contribution is -2.40. The third kappa shape index (κ3) is 3.79. The van der Waals surface area contributed by atoms with E-state index in [1.54, 1.807) is 0 Å². The van der Waals surface area contributed by atoms with Gasteiger partial charge in [-0.2, -0.15) is 9.61 Å². The average Bonchev–Trinajstić information content (AvgIpc) is 3.52. The van der Waals surface area contributed by atoms with Crippen LogP contribution in [-0.4, -0.2) is 50.3 Å². The molecule has 0 radical (unpaired) electrons. The van der Waals surface area contributed by atoms with Crippen molar-refractivity contribution in [2.24, 2.45) is 0 Å². The zero-order valence-corrected chi connectivity index (χ0v) is 16.0. The van der Waals surface area contributed by atoms with E-state index in [-0.39, 0.29) is 24.2 Å². The molecule has 3 heterocycles. The monoisotopic (exact) mass is 395 g/mol. The fraction of sp³-hybridized carbons (Fsp3) is 0.429. The van der Waals surface area contributed by atoms with Crippen molar-refractivity contribution in [3.8, 4) is 5.75 Å². The number of carbonyl (C=O) groups excluding carboxylic acids is 1. The van der Waals surface area contributed by atoms with Crippen LogP contribution in [0.2, 0.25) is 0 Å². The molecule has 0 unspecified atom stereocenters. The number of benzene rings is 1. The number of amides is 1. The van der Waals surface area contributed by atoms with Gasteiger partial charge in [0.05, 0.1) is 5.69 Å². The van der Waals surface area contributed by atoms with Crippen molar-refractivity contribution in [1.82, 2.24) is 24.7 Å². The summed E-state index contributed by atoms with van der Waals surface area (Å²) in [5, 5.41) is 13.4. The summed E-state index contributed by atoms with van der Waals surface area (Å²) in [5.74, 6) is 1.79. The minimum Gasteiger partial charge on any atom is -0.484 e. The van der Waals surface area contributed by atoms with Crippen molar-refractivity contribution in [2.75, 3.05) is 19.7 Å². The van der Waals surface area contributed by atoms with Crippen LogP contribution in [-0.2, 0) is 4.79 Å². The molecule has 0 spiro atoms. The second kappa shape index (κ2) is 7.42. The van der Waals surface area contributed by atoms with Gasteiger partial charge in [0.15, 0.2) is 18.1 Å². The standard InChI is InChI=1S/C21H22FN5O2/c22-16-3-5-17(6-4-16)29-13-20(28)26-11-9-15(10-12-26)21-24-23-19-8-7-18(14-1-2-14)25-27(19)21/h3-8,14-15H,1-2,9-13H2. The molecule has 1 aliphatic heterocycles. The molecule has 8 heteroatoms. The molecule has 1 amide bonds. The molecule has 2 aliphatic rings. The number of piperidine rings is 1. The molecular formula is C21H22FN5O2. The van der Waals surface area contributed by atoms with E-state index in [0.717, 1.165) is 30.0 Å². The molecular weight excluding hydrogens is 373 g/mol. The van der Waals surface area contributed by atoms with Crippen molar-refractivity contribution < 1.29 is 13.9 Å². The van der Waals surface area contributed by atoms with Crippen molar-refractivity contribution in [3.05, 3.63) is 53.7 Å². The molecule has 1 aromatic carbocycles. The van der Waals surface area contributed by atoms with Gasteiger partial charge in [-0.3, -0.25) is 4.79 Å². The molecule has 0 N–H and O–H groups in total. The van der Waals surface area contributed by atoms with Crippen LogP contribution >= 0.6 is 0 Å². The number of nitrogens with zero attached hydrogens (tertiary/aromatic N) is 5. The molecule has 1 saturated carbocycles. The van der Waals surface area contributed by atoms with Crippen LogP contribution in [0.15, 0.2) is 36.4 Å². The third-order valence-electron chi connectivity index (χ3n) is 5.69. The lowest BCUT2D eigenvalue weighted by molar-refractivity contribution is -0.134. The Morgan fingerprint density at radius 1 is 1.00 bits per heavy atom. The number of likely N-dealkylation sites (tertiary alicyclic amines) is 1. The maximum atomic E-state index is 12.9. The van der Waals surface area contributed by atoms with Gasteiger partial charge in [-0.1, -0.05) is 0 Å². The number of rotatable bonds is 5. The number of hydrogen-bond acceptors (Lipinski definition) is 5. The Morgan fingerprint density at radius 2 is 1.76 bits per heavy atom. The highest BCUT2D eigenvalue weighted by molar-refractivity contribution is 5.77. The fourth-order valence-corrected chi connectivity index (χ4v) is 3.83. The molecule has 5 rings (SSSR count). The lowest BCUT2D eigenvalue weighted by atomic mass is 9.96. The highest BCUT2D eigenvalue weighted by Crippen LogP contribution is 2.39. The maximum absolute atomic E-state index is 12.9. The molecule has 1 aliphatic carbocycles. The topological polar surface area (TPSA) is 72.6 Å². The molecule has 0 atom stereocenters. The smallest absolute Gasteiger partial charge is 0.260 e. The van der Waals surface area contributed by atoms with Gasteiger partial charge in [0.1, 0.15) is 11.6 Å². The Bertz CT molecular complexity index is 1020. The highest BCUT2D eigenvalue weighted by Gasteiger charge is 2.29. The van der Waals surface area contributed by atoms with E-state index in [2.05, 4.69) is 10.2 Å². The van der Waals surface area contributed by atoms with Gasteiger partial charge in [-0.15, -0.1) is 10.2 Å². The van der Waals surface area contributed by atoms with Crippen LogP contribution in [0.4, 0.5) is 4.39 Å². The Morgan fingerprint density at radius 3 is 2.48 bits per heavy atom. The van der Waals surface area contributed by atoms with E-state index in [9.17, 15) is 9.18 Å². The minimum absolute atomic E-state index is 0.0452. The summed E-state index contributed by atoms with van der Waals surface area (Å²) in [6.07, 6.45) is 4.05. The van der Waals surface area contributed by atoms with Crippen LogP contribution < -0.4 is 4.74 Å². The van der Waals surface area contributed by atoms with Crippen molar-refractivity contribution in [1.29, 1.82) is 0 Å².